The van der Waals surface area contributed by atoms with Crippen LogP contribution >= 0.6 is 12.4 Å². The first-order valence-corrected chi connectivity index (χ1v) is 5.26. The lowest BCUT2D eigenvalue weighted by atomic mass is 10.2. The van der Waals surface area contributed by atoms with E-state index in [2.05, 4.69) is 4.98 Å². The number of rotatable bonds is 0. The summed E-state index contributed by atoms with van der Waals surface area (Å²) in [6, 6.07) is 3.90. The lowest BCUT2D eigenvalue weighted by Gasteiger charge is -2.04. The number of hydrogen-bond acceptors (Lipinski definition) is 2. The number of aromatic nitrogens is 2. The van der Waals surface area contributed by atoms with Gasteiger partial charge >= 0.3 is 0 Å². The third-order valence-corrected chi connectivity index (χ3v) is 3.01. The average molecular weight is 237 g/mol. The molecule has 0 aliphatic heterocycles. The molecule has 2 aromatic rings. The van der Waals surface area contributed by atoms with E-state index in [0.29, 0.717) is 0 Å². The standard InChI is InChI=1S/C12H12N2O.ClH/c1-8-5-6-14-11(7-8)13-10-4-2-3-9(10)12(14)15;/h5-7H,2-4H2,1H3;1H. The summed E-state index contributed by atoms with van der Waals surface area (Å²) in [6.07, 6.45) is 4.72. The highest BCUT2D eigenvalue weighted by Gasteiger charge is 2.17. The van der Waals surface area contributed by atoms with Crippen molar-refractivity contribution in [2.75, 3.05) is 0 Å². The summed E-state index contributed by atoms with van der Waals surface area (Å²) in [5.74, 6) is 0. The predicted molar refractivity (Wildman–Crippen MR) is 65.5 cm³/mol. The number of halogens is 1. The van der Waals surface area contributed by atoms with Gasteiger partial charge in [0, 0.05) is 11.8 Å². The number of aryl methyl sites for hydroxylation is 2. The molecule has 0 spiro atoms. The van der Waals surface area contributed by atoms with Gasteiger partial charge in [0.05, 0.1) is 5.69 Å². The van der Waals surface area contributed by atoms with E-state index in [0.717, 1.165) is 41.7 Å². The van der Waals surface area contributed by atoms with Crippen LogP contribution in [-0.4, -0.2) is 9.38 Å². The van der Waals surface area contributed by atoms with Crippen LogP contribution in [0.3, 0.4) is 0 Å². The van der Waals surface area contributed by atoms with E-state index >= 15 is 0 Å². The molecule has 84 valence electrons. The first-order chi connectivity index (χ1) is 7.25. The van der Waals surface area contributed by atoms with Crippen molar-refractivity contribution in [2.45, 2.75) is 26.2 Å². The van der Waals surface area contributed by atoms with Crippen molar-refractivity contribution >= 4 is 18.1 Å². The highest BCUT2D eigenvalue weighted by molar-refractivity contribution is 5.85. The molecule has 0 atom stereocenters. The van der Waals surface area contributed by atoms with Gasteiger partial charge in [0.15, 0.2) is 0 Å². The van der Waals surface area contributed by atoms with Crippen LogP contribution in [-0.2, 0) is 12.8 Å². The van der Waals surface area contributed by atoms with Gasteiger partial charge in [-0.2, -0.15) is 0 Å². The molecule has 2 aromatic heterocycles. The predicted octanol–water partition coefficient (Wildman–Crippen LogP) is 1.91. The lowest BCUT2D eigenvalue weighted by molar-refractivity contribution is 0.899. The Morgan fingerprint density at radius 1 is 1.38 bits per heavy atom. The van der Waals surface area contributed by atoms with Crippen LogP contribution in [0.15, 0.2) is 23.1 Å². The van der Waals surface area contributed by atoms with Gasteiger partial charge in [0.2, 0.25) is 0 Å². The van der Waals surface area contributed by atoms with Crippen molar-refractivity contribution in [3.8, 4) is 0 Å². The van der Waals surface area contributed by atoms with Gasteiger partial charge in [-0.15, -0.1) is 12.4 Å². The van der Waals surface area contributed by atoms with Crippen LogP contribution in [0.1, 0.15) is 23.2 Å². The van der Waals surface area contributed by atoms with Gasteiger partial charge in [-0.05, 0) is 43.9 Å². The van der Waals surface area contributed by atoms with E-state index in [-0.39, 0.29) is 18.0 Å². The van der Waals surface area contributed by atoms with Gasteiger partial charge in [-0.3, -0.25) is 9.20 Å². The second-order valence-corrected chi connectivity index (χ2v) is 4.13. The molecule has 0 saturated heterocycles. The largest absolute Gasteiger partial charge is 0.269 e. The Hall–Kier alpha value is -1.35. The molecular weight excluding hydrogens is 224 g/mol. The molecule has 0 aromatic carbocycles. The Bertz CT molecular complexity index is 604. The maximum Gasteiger partial charge on any atom is 0.261 e. The van der Waals surface area contributed by atoms with E-state index in [1.807, 2.05) is 25.3 Å². The smallest absolute Gasteiger partial charge is 0.261 e. The lowest BCUT2D eigenvalue weighted by Crippen LogP contribution is -2.19. The SMILES string of the molecule is Cc1ccn2c(=O)c3c(nc2c1)CCC3.Cl. The molecule has 3 nitrogen and oxygen atoms in total. The molecule has 1 aliphatic carbocycles. The fourth-order valence-electron chi connectivity index (χ4n) is 2.21. The van der Waals surface area contributed by atoms with Gasteiger partial charge in [-0.1, -0.05) is 0 Å². The van der Waals surface area contributed by atoms with E-state index in [9.17, 15) is 4.79 Å². The van der Waals surface area contributed by atoms with Crippen molar-refractivity contribution in [3.63, 3.8) is 0 Å². The Morgan fingerprint density at radius 2 is 2.19 bits per heavy atom. The molecule has 0 saturated carbocycles. The summed E-state index contributed by atoms with van der Waals surface area (Å²) in [5.41, 5.74) is 3.95. The Morgan fingerprint density at radius 3 is 3.00 bits per heavy atom. The highest BCUT2D eigenvalue weighted by Crippen LogP contribution is 2.17. The fourth-order valence-corrected chi connectivity index (χ4v) is 2.21. The van der Waals surface area contributed by atoms with Crippen molar-refractivity contribution < 1.29 is 0 Å². The average Bonchev–Trinajstić information content (AvgIpc) is 2.65. The molecule has 1 aliphatic rings. The Labute approximate surface area is 99.5 Å². The molecule has 0 amide bonds. The van der Waals surface area contributed by atoms with Crippen LogP contribution < -0.4 is 5.56 Å². The summed E-state index contributed by atoms with van der Waals surface area (Å²) >= 11 is 0. The third-order valence-electron chi connectivity index (χ3n) is 3.01. The summed E-state index contributed by atoms with van der Waals surface area (Å²) in [5, 5.41) is 0. The number of nitrogens with zero attached hydrogens (tertiary/aromatic N) is 2. The summed E-state index contributed by atoms with van der Waals surface area (Å²) in [6.45, 7) is 2.01. The zero-order valence-corrected chi connectivity index (χ0v) is 9.88. The van der Waals surface area contributed by atoms with E-state index < -0.39 is 0 Å². The molecule has 0 bridgehead atoms. The zero-order chi connectivity index (χ0) is 10.4. The summed E-state index contributed by atoms with van der Waals surface area (Å²) in [4.78, 5) is 16.6. The monoisotopic (exact) mass is 236 g/mol. The van der Waals surface area contributed by atoms with Gasteiger partial charge in [0.1, 0.15) is 5.65 Å². The third kappa shape index (κ3) is 1.52. The van der Waals surface area contributed by atoms with E-state index in [4.69, 9.17) is 0 Å². The Kier molecular flexibility index (Phi) is 2.72. The summed E-state index contributed by atoms with van der Waals surface area (Å²) in [7, 11) is 0. The van der Waals surface area contributed by atoms with Gasteiger partial charge in [0.25, 0.3) is 5.56 Å². The molecule has 3 rings (SSSR count). The number of fused-ring (bicyclic) bond motifs is 2. The normalized spacial score (nSPS) is 13.6. The molecule has 2 heterocycles. The second kappa shape index (κ2) is 3.91. The summed E-state index contributed by atoms with van der Waals surface area (Å²) < 4.78 is 1.65. The number of hydrogen-bond donors (Lipinski definition) is 0. The van der Waals surface area contributed by atoms with Gasteiger partial charge in [-0.25, -0.2) is 4.98 Å². The van der Waals surface area contributed by atoms with E-state index in [1.165, 1.54) is 0 Å². The van der Waals surface area contributed by atoms with Crippen LogP contribution in [0.4, 0.5) is 0 Å². The van der Waals surface area contributed by atoms with Crippen LogP contribution in [0, 0.1) is 6.92 Å². The molecule has 4 heteroatoms. The zero-order valence-electron chi connectivity index (χ0n) is 9.06. The Balaban J connectivity index is 0.000000963. The van der Waals surface area contributed by atoms with Crippen molar-refractivity contribution in [1.82, 2.24) is 9.38 Å². The van der Waals surface area contributed by atoms with Gasteiger partial charge < -0.3 is 0 Å². The molecule has 0 N–H and O–H groups in total. The second-order valence-electron chi connectivity index (χ2n) is 4.13. The highest BCUT2D eigenvalue weighted by atomic mass is 35.5. The molecule has 0 unspecified atom stereocenters. The minimum absolute atomic E-state index is 0. The van der Waals surface area contributed by atoms with Crippen molar-refractivity contribution in [1.29, 1.82) is 0 Å². The van der Waals surface area contributed by atoms with Crippen LogP contribution in [0.5, 0.6) is 0 Å². The molecule has 0 fully saturated rings. The topological polar surface area (TPSA) is 34.4 Å². The first kappa shape index (κ1) is 11.1. The minimum atomic E-state index is 0. The fraction of sp³-hybridized carbons (Fsp3) is 0.333. The van der Waals surface area contributed by atoms with Crippen molar-refractivity contribution in [2.24, 2.45) is 0 Å². The molecule has 16 heavy (non-hydrogen) atoms. The minimum Gasteiger partial charge on any atom is -0.269 e. The maximum absolute atomic E-state index is 12.1. The van der Waals surface area contributed by atoms with Crippen LogP contribution in [0.2, 0.25) is 0 Å². The maximum atomic E-state index is 12.1. The van der Waals surface area contributed by atoms with Crippen LogP contribution in [0.25, 0.3) is 5.65 Å². The quantitative estimate of drug-likeness (QED) is 0.700. The first-order valence-electron chi connectivity index (χ1n) is 5.26. The van der Waals surface area contributed by atoms with Crippen molar-refractivity contribution in [3.05, 3.63) is 45.5 Å². The van der Waals surface area contributed by atoms with E-state index in [1.54, 1.807) is 4.40 Å². The molecular formula is C12H13ClN2O. The number of pyridine rings is 1. The molecule has 0 radical (unpaired) electrons.